The van der Waals surface area contributed by atoms with E-state index in [1.165, 1.54) is 23.3 Å². The largest absolute Gasteiger partial charge is 0.355 e. The van der Waals surface area contributed by atoms with Gasteiger partial charge in [0.15, 0.2) is 0 Å². The highest BCUT2D eigenvalue weighted by atomic mass is 19.1. The summed E-state index contributed by atoms with van der Waals surface area (Å²) in [6.07, 6.45) is 6.75. The average Bonchev–Trinajstić information content (AvgIpc) is 3.37. The number of amides is 1. The van der Waals surface area contributed by atoms with Gasteiger partial charge in [0.05, 0.1) is 29.6 Å². The van der Waals surface area contributed by atoms with E-state index in [9.17, 15) is 9.18 Å². The molecule has 33 heavy (non-hydrogen) atoms. The number of carbonyl (C=O) groups is 1. The summed E-state index contributed by atoms with van der Waals surface area (Å²) in [5.41, 5.74) is 2.23. The van der Waals surface area contributed by atoms with Gasteiger partial charge in [-0.1, -0.05) is 18.2 Å². The summed E-state index contributed by atoms with van der Waals surface area (Å²) < 4.78 is 14.7. The van der Waals surface area contributed by atoms with Gasteiger partial charge < -0.3 is 9.80 Å². The summed E-state index contributed by atoms with van der Waals surface area (Å²) in [6.45, 7) is 2.97. The zero-order chi connectivity index (χ0) is 22.4. The highest BCUT2D eigenvalue weighted by Crippen LogP contribution is 2.42. The van der Waals surface area contributed by atoms with Gasteiger partial charge in [0.25, 0.3) is 5.91 Å². The number of piperidine rings is 1. The predicted octanol–water partition coefficient (Wildman–Crippen LogP) is 3.09. The molecule has 4 aromatic rings. The number of halogens is 1. The first-order valence-electron chi connectivity index (χ1n) is 11.0. The lowest BCUT2D eigenvalue weighted by Crippen LogP contribution is -2.62. The Morgan fingerprint density at radius 1 is 0.939 bits per heavy atom. The molecule has 0 N–H and O–H groups in total. The highest BCUT2D eigenvalue weighted by Gasteiger charge is 2.47. The lowest BCUT2D eigenvalue weighted by Gasteiger charge is -2.54. The van der Waals surface area contributed by atoms with Gasteiger partial charge in [0.2, 0.25) is 0 Å². The Bertz CT molecular complexity index is 1320. The summed E-state index contributed by atoms with van der Waals surface area (Å²) in [5, 5.41) is 8.13. The number of rotatable bonds is 3. The van der Waals surface area contributed by atoms with Gasteiger partial charge in [0.1, 0.15) is 22.9 Å². The Hall–Kier alpha value is -3.88. The van der Waals surface area contributed by atoms with E-state index in [0.29, 0.717) is 18.8 Å². The summed E-state index contributed by atoms with van der Waals surface area (Å²) in [4.78, 5) is 27.8. The van der Waals surface area contributed by atoms with Crippen molar-refractivity contribution < 1.29 is 9.18 Å². The van der Waals surface area contributed by atoms with Crippen molar-refractivity contribution in [3.63, 3.8) is 0 Å². The van der Waals surface area contributed by atoms with Crippen LogP contribution in [-0.4, -0.2) is 61.9 Å². The van der Waals surface area contributed by atoms with Gasteiger partial charge in [-0.25, -0.2) is 9.37 Å². The molecule has 4 heterocycles. The molecule has 166 valence electrons. The molecule has 0 radical (unpaired) electrons. The van der Waals surface area contributed by atoms with Crippen LogP contribution < -0.4 is 4.90 Å². The van der Waals surface area contributed by atoms with E-state index in [2.05, 4.69) is 20.1 Å². The van der Waals surface area contributed by atoms with Crippen molar-refractivity contribution in [2.45, 2.75) is 12.8 Å². The van der Waals surface area contributed by atoms with Crippen molar-refractivity contribution >= 4 is 22.8 Å². The molecular weight excluding hydrogens is 421 g/mol. The molecule has 0 unspecified atom stereocenters. The number of para-hydroxylation sites is 2. The first kappa shape index (κ1) is 19.8. The third kappa shape index (κ3) is 3.40. The van der Waals surface area contributed by atoms with Crippen molar-refractivity contribution in [2.75, 3.05) is 31.1 Å². The molecule has 0 aliphatic carbocycles. The molecule has 2 aliphatic heterocycles. The number of anilines is 1. The maximum Gasteiger partial charge on any atom is 0.259 e. The molecule has 2 aliphatic rings. The fourth-order valence-corrected chi connectivity index (χ4v) is 4.92. The van der Waals surface area contributed by atoms with E-state index < -0.39 is 5.82 Å². The third-order valence-electron chi connectivity index (χ3n) is 6.76. The maximum atomic E-state index is 14.7. The van der Waals surface area contributed by atoms with Crippen molar-refractivity contribution in [3.8, 4) is 5.69 Å². The zero-order valence-corrected chi connectivity index (χ0v) is 17.9. The van der Waals surface area contributed by atoms with Crippen LogP contribution in [0, 0.1) is 11.2 Å². The summed E-state index contributed by atoms with van der Waals surface area (Å²) >= 11 is 0. The predicted molar refractivity (Wildman–Crippen MR) is 121 cm³/mol. The number of aromatic nitrogens is 5. The smallest absolute Gasteiger partial charge is 0.259 e. The van der Waals surface area contributed by atoms with E-state index in [4.69, 9.17) is 4.98 Å². The molecule has 9 heteroatoms. The quantitative estimate of drug-likeness (QED) is 0.484. The van der Waals surface area contributed by atoms with E-state index >= 15 is 0 Å². The molecule has 2 saturated heterocycles. The van der Waals surface area contributed by atoms with Crippen molar-refractivity contribution in [1.82, 2.24) is 29.9 Å². The average molecular weight is 443 g/mol. The van der Waals surface area contributed by atoms with Crippen molar-refractivity contribution in [1.29, 1.82) is 0 Å². The fourth-order valence-electron chi connectivity index (χ4n) is 4.92. The van der Waals surface area contributed by atoms with Crippen LogP contribution in [0.25, 0.3) is 16.7 Å². The lowest BCUT2D eigenvalue weighted by atomic mass is 9.71. The molecule has 0 bridgehead atoms. The third-order valence-corrected chi connectivity index (χ3v) is 6.76. The van der Waals surface area contributed by atoms with Crippen LogP contribution in [0.1, 0.15) is 23.2 Å². The van der Waals surface area contributed by atoms with Gasteiger partial charge in [-0.05, 0) is 37.1 Å². The first-order valence-corrected chi connectivity index (χ1v) is 11.0. The number of carbonyl (C=O) groups excluding carboxylic acids is 1. The summed E-state index contributed by atoms with van der Waals surface area (Å²) in [7, 11) is 0. The number of nitrogens with zero attached hydrogens (tertiary/aromatic N) is 7. The topological polar surface area (TPSA) is 80.0 Å². The van der Waals surface area contributed by atoms with Crippen LogP contribution in [0.2, 0.25) is 0 Å². The summed E-state index contributed by atoms with van der Waals surface area (Å²) in [5.74, 6) is 0.0211. The maximum absolute atomic E-state index is 14.7. The van der Waals surface area contributed by atoms with Gasteiger partial charge in [-0.15, -0.1) is 0 Å². The molecule has 8 nitrogen and oxygen atoms in total. The number of fused-ring (bicyclic) bond motifs is 1. The number of hydrogen-bond acceptors (Lipinski definition) is 6. The second-order valence-electron chi connectivity index (χ2n) is 8.82. The molecule has 1 spiro atoms. The van der Waals surface area contributed by atoms with Crippen molar-refractivity contribution in [3.05, 3.63) is 72.4 Å². The zero-order valence-electron chi connectivity index (χ0n) is 17.9. The van der Waals surface area contributed by atoms with Gasteiger partial charge in [-0.2, -0.15) is 15.0 Å². The molecular formula is C24H22FN7O. The monoisotopic (exact) mass is 443 g/mol. The Kier molecular flexibility index (Phi) is 4.56. The van der Waals surface area contributed by atoms with Crippen LogP contribution >= 0.6 is 0 Å². The Labute approximate surface area is 189 Å². The Morgan fingerprint density at radius 2 is 1.67 bits per heavy atom. The van der Waals surface area contributed by atoms with E-state index in [0.717, 1.165) is 42.8 Å². The highest BCUT2D eigenvalue weighted by molar-refractivity contribution is 5.98. The van der Waals surface area contributed by atoms with E-state index in [1.807, 2.05) is 30.5 Å². The lowest BCUT2D eigenvalue weighted by molar-refractivity contribution is -0.00823. The number of hydrogen-bond donors (Lipinski definition) is 0. The minimum Gasteiger partial charge on any atom is -0.355 e. The van der Waals surface area contributed by atoms with E-state index in [1.54, 1.807) is 17.0 Å². The van der Waals surface area contributed by atoms with Gasteiger partial charge in [0, 0.05) is 31.6 Å². The summed E-state index contributed by atoms with van der Waals surface area (Å²) in [6, 6.07) is 12.4. The van der Waals surface area contributed by atoms with E-state index in [-0.39, 0.29) is 16.9 Å². The van der Waals surface area contributed by atoms with Crippen LogP contribution in [0.5, 0.6) is 0 Å². The van der Waals surface area contributed by atoms with Gasteiger partial charge >= 0.3 is 0 Å². The standard InChI is InChI=1S/C24H22FN7O/c25-17-4-3-7-20(32-27-10-11-28-32)22(17)23(33)31-15-24(16-31)8-12-30(13-9-24)21-14-26-18-5-1-2-6-19(18)29-21/h1-7,10-11,14H,8-9,12-13,15-16H2. The second-order valence-corrected chi connectivity index (χ2v) is 8.82. The van der Waals surface area contributed by atoms with Crippen LogP contribution in [0.15, 0.2) is 61.1 Å². The number of benzene rings is 2. The van der Waals surface area contributed by atoms with Crippen molar-refractivity contribution in [2.24, 2.45) is 5.41 Å². The Morgan fingerprint density at radius 3 is 2.42 bits per heavy atom. The molecule has 1 amide bonds. The first-order chi connectivity index (χ1) is 16.1. The van der Waals surface area contributed by atoms with Crippen LogP contribution in [-0.2, 0) is 0 Å². The van der Waals surface area contributed by atoms with Crippen LogP contribution in [0.3, 0.4) is 0 Å². The molecule has 2 aromatic carbocycles. The second kappa shape index (κ2) is 7.61. The Balaban J connectivity index is 1.14. The minimum absolute atomic E-state index is 0.0208. The molecule has 0 atom stereocenters. The molecule has 6 rings (SSSR count). The number of likely N-dealkylation sites (tertiary alicyclic amines) is 1. The fraction of sp³-hybridized carbons (Fsp3) is 0.292. The van der Waals surface area contributed by atoms with Crippen LogP contribution in [0.4, 0.5) is 10.2 Å². The molecule has 2 aromatic heterocycles. The molecule has 0 saturated carbocycles. The SMILES string of the molecule is O=C(c1c(F)cccc1-n1nccn1)N1CC2(CCN(c3cnc4ccccc4n3)CC2)C1. The molecule has 2 fully saturated rings. The van der Waals surface area contributed by atoms with Gasteiger partial charge in [-0.3, -0.25) is 9.78 Å². The normalized spacial score (nSPS) is 17.4. The minimum atomic E-state index is -0.555.